The largest absolute Gasteiger partial charge is 0.476 e. The molecule has 37 heavy (non-hydrogen) atoms. The van der Waals surface area contributed by atoms with E-state index in [0.717, 1.165) is 44.0 Å². The number of anilines is 4. The first kappa shape index (κ1) is 25.3. The molecule has 1 fully saturated rings. The minimum atomic E-state index is -2.95. The predicted molar refractivity (Wildman–Crippen MR) is 142 cm³/mol. The number of carbonyl (C=O) groups is 1. The number of sulfone groups is 1. The molecular formula is C25H32N6O5S. The molecule has 2 aromatic heterocycles. The van der Waals surface area contributed by atoms with Crippen molar-refractivity contribution in [3.8, 4) is 5.75 Å². The van der Waals surface area contributed by atoms with Crippen LogP contribution in [0.4, 0.5) is 23.1 Å². The molecule has 3 aromatic rings. The second-order valence-electron chi connectivity index (χ2n) is 10.2. The number of benzene rings is 1. The van der Waals surface area contributed by atoms with Crippen LogP contribution in [0.25, 0.3) is 11.1 Å². The fourth-order valence-electron chi connectivity index (χ4n) is 4.55. The van der Waals surface area contributed by atoms with Crippen molar-refractivity contribution in [3.05, 3.63) is 30.5 Å². The van der Waals surface area contributed by atoms with Crippen LogP contribution in [0.5, 0.6) is 5.75 Å². The van der Waals surface area contributed by atoms with Gasteiger partial charge in [-0.15, -0.1) is 0 Å². The van der Waals surface area contributed by atoms with E-state index < -0.39 is 15.4 Å². The summed E-state index contributed by atoms with van der Waals surface area (Å²) >= 11 is 0. The lowest BCUT2D eigenvalue weighted by Crippen LogP contribution is -2.45. The summed E-state index contributed by atoms with van der Waals surface area (Å²) in [5.74, 6) is 2.19. The van der Waals surface area contributed by atoms with Crippen LogP contribution in [0.15, 0.2) is 34.9 Å². The van der Waals surface area contributed by atoms with E-state index in [1.807, 2.05) is 18.2 Å². The molecule has 0 unspecified atom stereocenters. The van der Waals surface area contributed by atoms with Crippen molar-refractivity contribution in [2.45, 2.75) is 32.3 Å². The van der Waals surface area contributed by atoms with E-state index in [4.69, 9.17) is 14.1 Å². The molecule has 2 aliphatic rings. The second-order valence-corrected chi connectivity index (χ2v) is 12.4. The number of nitrogens with zero attached hydrogens (tertiary/aromatic N) is 3. The van der Waals surface area contributed by atoms with Crippen molar-refractivity contribution in [2.75, 3.05) is 53.7 Å². The maximum absolute atomic E-state index is 12.3. The number of hydrogen-bond acceptors (Lipinski definition) is 10. The van der Waals surface area contributed by atoms with Gasteiger partial charge in [0.1, 0.15) is 21.1 Å². The molecule has 0 spiro atoms. The Morgan fingerprint density at radius 1 is 1.19 bits per heavy atom. The monoisotopic (exact) mass is 528 g/mol. The summed E-state index contributed by atoms with van der Waals surface area (Å²) in [6, 6.07) is 7.28. The van der Waals surface area contributed by atoms with Crippen molar-refractivity contribution in [1.29, 1.82) is 0 Å². The van der Waals surface area contributed by atoms with E-state index in [0.29, 0.717) is 40.9 Å². The molecule has 0 aliphatic carbocycles. The number of ether oxygens (including phenoxy) is 1. The average Bonchev–Trinajstić information content (AvgIpc) is 3.31. The highest BCUT2D eigenvalue weighted by atomic mass is 32.2. The first-order chi connectivity index (χ1) is 17.6. The Balaban J connectivity index is 1.27. The molecule has 2 aliphatic heterocycles. The summed E-state index contributed by atoms with van der Waals surface area (Å²) in [7, 11) is -2.95. The number of furan rings is 1. The molecule has 1 aromatic carbocycles. The summed E-state index contributed by atoms with van der Waals surface area (Å²) in [5, 5.41) is 9.41. The van der Waals surface area contributed by atoms with Gasteiger partial charge in [-0.25, -0.2) is 13.4 Å². The van der Waals surface area contributed by atoms with Crippen LogP contribution < -0.4 is 25.6 Å². The Labute approximate surface area is 215 Å². The Morgan fingerprint density at radius 2 is 1.97 bits per heavy atom. The van der Waals surface area contributed by atoms with Crippen molar-refractivity contribution in [2.24, 2.45) is 5.92 Å². The fourth-order valence-corrected chi connectivity index (χ4v) is 5.06. The maximum Gasteiger partial charge on any atom is 0.268 e. The minimum Gasteiger partial charge on any atom is -0.476 e. The molecule has 198 valence electrons. The number of hydrogen-bond donors (Lipinski definition) is 3. The van der Waals surface area contributed by atoms with Gasteiger partial charge >= 0.3 is 0 Å². The minimum absolute atomic E-state index is 0.153. The predicted octanol–water partition coefficient (Wildman–Crippen LogP) is 2.93. The second kappa shape index (κ2) is 9.82. The summed E-state index contributed by atoms with van der Waals surface area (Å²) in [5.41, 5.74) is 1.73. The number of rotatable bonds is 8. The van der Waals surface area contributed by atoms with Gasteiger partial charge in [-0.05, 0) is 57.4 Å². The average molecular weight is 529 g/mol. The molecule has 12 heteroatoms. The zero-order valence-electron chi connectivity index (χ0n) is 21.2. The normalized spacial score (nSPS) is 17.8. The van der Waals surface area contributed by atoms with Crippen molar-refractivity contribution in [1.82, 2.24) is 15.3 Å². The van der Waals surface area contributed by atoms with Crippen LogP contribution in [0.2, 0.25) is 0 Å². The molecule has 1 saturated heterocycles. The van der Waals surface area contributed by atoms with Gasteiger partial charge in [-0.1, -0.05) is 0 Å². The first-order valence-electron chi connectivity index (χ1n) is 12.4. The van der Waals surface area contributed by atoms with Gasteiger partial charge in [0, 0.05) is 37.6 Å². The molecule has 0 atom stereocenters. The Hall–Kier alpha value is -3.38. The smallest absolute Gasteiger partial charge is 0.268 e. The first-order valence-corrected chi connectivity index (χ1v) is 14.4. The van der Waals surface area contributed by atoms with Gasteiger partial charge in [0.05, 0.1) is 17.7 Å². The standard InChI is InChI=1S/C25H32N6O5S/c1-25(2)23(32)28-19-14-17(4-5-20(19)36-25)27-24-29-18-8-12-35-21(18)22(30-24)31-10-6-16(7-11-31)15-26-9-13-37(3,33)34/h4-5,8,12,14,16,26H,6-7,9-11,13,15H2,1-3H3,(H,28,32)(H,27,29,30). The lowest BCUT2D eigenvalue weighted by atomic mass is 9.97. The third-order valence-corrected chi connectivity index (χ3v) is 7.62. The number of piperidine rings is 1. The number of carbonyl (C=O) groups excluding carboxylic acids is 1. The zero-order chi connectivity index (χ0) is 26.2. The molecular weight excluding hydrogens is 496 g/mol. The van der Waals surface area contributed by atoms with Gasteiger partial charge in [0.2, 0.25) is 5.95 Å². The highest BCUT2D eigenvalue weighted by molar-refractivity contribution is 7.90. The molecule has 1 amide bonds. The molecule has 11 nitrogen and oxygen atoms in total. The maximum atomic E-state index is 12.3. The quantitative estimate of drug-likeness (QED) is 0.374. The van der Waals surface area contributed by atoms with Gasteiger partial charge in [0.15, 0.2) is 17.0 Å². The number of aromatic nitrogens is 2. The molecule has 3 N–H and O–H groups in total. The Kier molecular flexibility index (Phi) is 6.71. The van der Waals surface area contributed by atoms with Crippen molar-refractivity contribution < 1.29 is 22.4 Å². The number of amides is 1. The van der Waals surface area contributed by atoms with E-state index in [2.05, 4.69) is 25.8 Å². The molecule has 0 bridgehead atoms. The molecule has 5 rings (SSSR count). The Morgan fingerprint density at radius 3 is 2.73 bits per heavy atom. The molecule has 0 saturated carbocycles. The molecule has 4 heterocycles. The van der Waals surface area contributed by atoms with Crippen LogP contribution in [-0.2, 0) is 14.6 Å². The topological polar surface area (TPSA) is 139 Å². The van der Waals surface area contributed by atoms with Crippen LogP contribution in [0, 0.1) is 5.92 Å². The van der Waals surface area contributed by atoms with Gasteiger partial charge < -0.3 is 30.0 Å². The fraction of sp³-hybridized carbons (Fsp3) is 0.480. The van der Waals surface area contributed by atoms with Gasteiger partial charge in [0.25, 0.3) is 5.91 Å². The highest BCUT2D eigenvalue weighted by Gasteiger charge is 2.35. The van der Waals surface area contributed by atoms with E-state index in [9.17, 15) is 13.2 Å². The third-order valence-electron chi connectivity index (χ3n) is 6.68. The van der Waals surface area contributed by atoms with Crippen LogP contribution in [0.1, 0.15) is 26.7 Å². The van der Waals surface area contributed by atoms with E-state index in [-0.39, 0.29) is 11.7 Å². The van der Waals surface area contributed by atoms with E-state index in [1.165, 1.54) is 6.26 Å². The van der Waals surface area contributed by atoms with Crippen LogP contribution in [-0.4, -0.2) is 68.1 Å². The number of fused-ring (bicyclic) bond motifs is 2. The molecule has 0 radical (unpaired) electrons. The van der Waals surface area contributed by atoms with Crippen molar-refractivity contribution >= 4 is 50.0 Å². The zero-order valence-corrected chi connectivity index (χ0v) is 22.0. The van der Waals surface area contributed by atoms with Crippen LogP contribution in [0.3, 0.4) is 0 Å². The van der Waals surface area contributed by atoms with Gasteiger partial charge in [-0.2, -0.15) is 4.98 Å². The van der Waals surface area contributed by atoms with Crippen molar-refractivity contribution in [3.63, 3.8) is 0 Å². The summed E-state index contributed by atoms with van der Waals surface area (Å²) in [6.07, 6.45) is 4.79. The summed E-state index contributed by atoms with van der Waals surface area (Å²) < 4.78 is 34.2. The van der Waals surface area contributed by atoms with E-state index in [1.54, 1.807) is 26.2 Å². The lowest BCUT2D eigenvalue weighted by molar-refractivity contribution is -0.129. The lowest BCUT2D eigenvalue weighted by Gasteiger charge is -2.33. The Bertz CT molecular complexity index is 1410. The SMILES string of the molecule is CC1(C)Oc2ccc(Nc3nc(N4CCC(CNCCS(C)(=O)=O)CC4)c4occc4n3)cc2NC1=O. The van der Waals surface area contributed by atoms with E-state index >= 15 is 0 Å². The van der Waals surface area contributed by atoms with Crippen LogP contribution >= 0.6 is 0 Å². The number of nitrogens with one attached hydrogen (secondary N) is 3. The highest BCUT2D eigenvalue weighted by Crippen LogP contribution is 2.36. The van der Waals surface area contributed by atoms with Gasteiger partial charge in [-0.3, -0.25) is 4.79 Å². The third kappa shape index (κ3) is 5.80. The summed E-state index contributed by atoms with van der Waals surface area (Å²) in [6.45, 7) is 6.34. The summed E-state index contributed by atoms with van der Waals surface area (Å²) in [4.78, 5) is 23.9.